The zero-order valence-electron chi connectivity index (χ0n) is 11.5. The van der Waals surface area contributed by atoms with Gasteiger partial charge >= 0.3 is 0 Å². The quantitative estimate of drug-likeness (QED) is 0.444. The molecule has 0 radical (unpaired) electrons. The fraction of sp³-hybridized carbons (Fsp3) is 0.235. The van der Waals surface area contributed by atoms with Crippen LogP contribution in [0.3, 0.4) is 0 Å². The smallest absolute Gasteiger partial charge is 0.168 e. The van der Waals surface area contributed by atoms with E-state index in [9.17, 15) is 4.79 Å². The van der Waals surface area contributed by atoms with Gasteiger partial charge < -0.3 is 0 Å². The van der Waals surface area contributed by atoms with Crippen molar-refractivity contribution in [3.8, 4) is 0 Å². The van der Waals surface area contributed by atoms with Crippen LogP contribution >= 0.6 is 38.5 Å². The first kappa shape index (κ1) is 15.7. The summed E-state index contributed by atoms with van der Waals surface area (Å²) >= 11 is 5.68. The van der Waals surface area contributed by atoms with Crippen molar-refractivity contribution in [1.82, 2.24) is 0 Å². The maximum atomic E-state index is 12.4. The van der Waals surface area contributed by atoms with E-state index < -0.39 is 0 Å². The molecule has 0 atom stereocenters. The summed E-state index contributed by atoms with van der Waals surface area (Å²) < 4.78 is 1.94. The average Bonchev–Trinajstić information content (AvgIpc) is 2.42. The first-order valence-electron chi connectivity index (χ1n) is 6.54. The Bertz CT molecular complexity index is 617. The number of benzene rings is 2. The standard InChI is InChI=1S/C17H16BrIO/c1-11(2)13-5-3-12(4-6-13)9-17(20)15-10-14(19)7-8-16(15)18/h3-8,10-11H,9H2,1-2H3. The molecule has 0 fully saturated rings. The average molecular weight is 443 g/mol. The van der Waals surface area contributed by atoms with E-state index in [-0.39, 0.29) is 5.78 Å². The van der Waals surface area contributed by atoms with Crippen molar-refractivity contribution in [3.05, 3.63) is 67.2 Å². The van der Waals surface area contributed by atoms with Gasteiger partial charge in [-0.05, 0) is 57.8 Å². The van der Waals surface area contributed by atoms with Gasteiger partial charge in [0, 0.05) is 20.0 Å². The van der Waals surface area contributed by atoms with Crippen LogP contribution < -0.4 is 0 Å². The topological polar surface area (TPSA) is 17.1 Å². The molecule has 0 heterocycles. The summed E-state index contributed by atoms with van der Waals surface area (Å²) in [6.45, 7) is 4.34. The first-order valence-corrected chi connectivity index (χ1v) is 8.41. The van der Waals surface area contributed by atoms with Crippen LogP contribution in [0.4, 0.5) is 0 Å². The summed E-state index contributed by atoms with van der Waals surface area (Å²) in [6, 6.07) is 14.2. The lowest BCUT2D eigenvalue weighted by Crippen LogP contribution is -2.05. The fourth-order valence-corrected chi connectivity index (χ4v) is 2.97. The highest BCUT2D eigenvalue weighted by Gasteiger charge is 2.11. The van der Waals surface area contributed by atoms with E-state index in [1.165, 1.54) is 5.56 Å². The molecule has 0 saturated heterocycles. The van der Waals surface area contributed by atoms with Crippen molar-refractivity contribution in [2.45, 2.75) is 26.2 Å². The first-order chi connectivity index (χ1) is 9.47. The molecule has 0 bridgehead atoms. The Kier molecular flexibility index (Phi) is 5.38. The molecule has 0 unspecified atom stereocenters. The van der Waals surface area contributed by atoms with Crippen LogP contribution in [0.25, 0.3) is 0 Å². The summed E-state index contributed by atoms with van der Waals surface area (Å²) in [5.74, 6) is 0.664. The van der Waals surface area contributed by atoms with Crippen molar-refractivity contribution in [2.24, 2.45) is 0 Å². The van der Waals surface area contributed by atoms with Gasteiger partial charge in [-0.15, -0.1) is 0 Å². The third-order valence-corrected chi connectivity index (χ3v) is 4.60. The summed E-state index contributed by atoms with van der Waals surface area (Å²) in [5, 5.41) is 0. The number of hydrogen-bond acceptors (Lipinski definition) is 1. The molecule has 0 aliphatic heterocycles. The maximum Gasteiger partial charge on any atom is 0.168 e. The SMILES string of the molecule is CC(C)c1ccc(CC(=O)c2cc(I)ccc2Br)cc1. The number of rotatable bonds is 4. The molecule has 0 spiro atoms. The van der Waals surface area contributed by atoms with Crippen LogP contribution in [-0.4, -0.2) is 5.78 Å². The predicted molar refractivity (Wildman–Crippen MR) is 95.4 cm³/mol. The lowest BCUT2D eigenvalue weighted by molar-refractivity contribution is 0.0992. The minimum atomic E-state index is 0.146. The van der Waals surface area contributed by atoms with Crippen molar-refractivity contribution >= 4 is 44.3 Å². The molecular weight excluding hydrogens is 427 g/mol. The number of halogens is 2. The van der Waals surface area contributed by atoms with Gasteiger partial charge in [0.2, 0.25) is 0 Å². The van der Waals surface area contributed by atoms with Gasteiger partial charge in [-0.25, -0.2) is 0 Å². The molecule has 0 amide bonds. The molecule has 0 N–H and O–H groups in total. The van der Waals surface area contributed by atoms with E-state index in [4.69, 9.17) is 0 Å². The second-order valence-corrected chi connectivity index (χ2v) is 7.22. The van der Waals surface area contributed by atoms with E-state index in [2.05, 4.69) is 76.6 Å². The van der Waals surface area contributed by atoms with Crippen LogP contribution in [-0.2, 0) is 6.42 Å². The molecule has 0 aliphatic carbocycles. The number of Topliss-reactive ketones (excluding diaryl/α,β-unsaturated/α-hetero) is 1. The summed E-state index contributed by atoms with van der Waals surface area (Å²) in [5.41, 5.74) is 3.12. The molecule has 1 nitrogen and oxygen atoms in total. The van der Waals surface area contributed by atoms with Crippen molar-refractivity contribution < 1.29 is 4.79 Å². The Balaban J connectivity index is 2.17. The van der Waals surface area contributed by atoms with Crippen LogP contribution in [0.15, 0.2) is 46.9 Å². The zero-order valence-corrected chi connectivity index (χ0v) is 15.2. The van der Waals surface area contributed by atoms with Crippen molar-refractivity contribution in [3.63, 3.8) is 0 Å². The molecule has 2 aromatic carbocycles. The summed E-state index contributed by atoms with van der Waals surface area (Å²) in [6.07, 6.45) is 0.442. The van der Waals surface area contributed by atoms with Crippen LogP contribution in [0, 0.1) is 3.57 Å². The van der Waals surface area contributed by atoms with Gasteiger partial charge in [0.15, 0.2) is 5.78 Å². The molecule has 0 aliphatic rings. The Hall–Kier alpha value is -0.680. The van der Waals surface area contributed by atoms with Gasteiger partial charge in [0.25, 0.3) is 0 Å². The van der Waals surface area contributed by atoms with E-state index in [1.54, 1.807) is 0 Å². The number of carbonyl (C=O) groups excluding carboxylic acids is 1. The minimum Gasteiger partial charge on any atom is -0.294 e. The van der Waals surface area contributed by atoms with Gasteiger partial charge in [0.1, 0.15) is 0 Å². The van der Waals surface area contributed by atoms with Gasteiger partial charge in [0.05, 0.1) is 0 Å². The molecule has 2 aromatic rings. The molecule has 20 heavy (non-hydrogen) atoms. The zero-order chi connectivity index (χ0) is 14.7. The van der Waals surface area contributed by atoms with E-state index in [1.807, 2.05) is 18.2 Å². The van der Waals surface area contributed by atoms with Crippen LogP contribution in [0.2, 0.25) is 0 Å². The van der Waals surface area contributed by atoms with Crippen LogP contribution in [0.1, 0.15) is 41.3 Å². The summed E-state index contributed by atoms with van der Waals surface area (Å²) in [7, 11) is 0. The molecule has 0 aromatic heterocycles. The normalized spacial score (nSPS) is 10.8. The largest absolute Gasteiger partial charge is 0.294 e. The Morgan fingerprint density at radius 3 is 2.40 bits per heavy atom. The minimum absolute atomic E-state index is 0.146. The lowest BCUT2D eigenvalue weighted by Gasteiger charge is -2.08. The number of hydrogen-bond donors (Lipinski definition) is 0. The third-order valence-electron chi connectivity index (χ3n) is 3.24. The monoisotopic (exact) mass is 442 g/mol. The van der Waals surface area contributed by atoms with Gasteiger partial charge in [-0.2, -0.15) is 0 Å². The summed E-state index contributed by atoms with van der Waals surface area (Å²) in [4.78, 5) is 12.4. The van der Waals surface area contributed by atoms with E-state index in [0.717, 1.165) is 19.2 Å². The highest BCUT2D eigenvalue weighted by atomic mass is 127. The highest BCUT2D eigenvalue weighted by Crippen LogP contribution is 2.22. The number of ketones is 1. The second-order valence-electron chi connectivity index (χ2n) is 5.12. The molecular formula is C17H16BrIO. The van der Waals surface area contributed by atoms with Crippen molar-refractivity contribution in [1.29, 1.82) is 0 Å². The van der Waals surface area contributed by atoms with Crippen LogP contribution in [0.5, 0.6) is 0 Å². The second kappa shape index (κ2) is 6.85. The molecule has 2 rings (SSSR count). The van der Waals surface area contributed by atoms with Gasteiger partial charge in [-0.3, -0.25) is 4.79 Å². The number of carbonyl (C=O) groups is 1. The molecule has 104 valence electrons. The maximum absolute atomic E-state index is 12.4. The Labute approximate surface area is 142 Å². The Morgan fingerprint density at radius 1 is 1.15 bits per heavy atom. The highest BCUT2D eigenvalue weighted by molar-refractivity contribution is 14.1. The van der Waals surface area contributed by atoms with Gasteiger partial charge in [-0.1, -0.05) is 54.0 Å². The molecule has 0 saturated carbocycles. The van der Waals surface area contributed by atoms with Crippen molar-refractivity contribution in [2.75, 3.05) is 0 Å². The molecule has 3 heteroatoms. The van der Waals surface area contributed by atoms with E-state index >= 15 is 0 Å². The fourth-order valence-electron chi connectivity index (χ4n) is 2.01. The predicted octanol–water partition coefficient (Wildman–Crippen LogP) is 5.60. The lowest BCUT2D eigenvalue weighted by atomic mass is 9.98. The third kappa shape index (κ3) is 3.92. The van der Waals surface area contributed by atoms with E-state index in [0.29, 0.717) is 12.3 Å². The Morgan fingerprint density at radius 2 is 1.80 bits per heavy atom.